The van der Waals surface area contributed by atoms with Crippen molar-refractivity contribution in [2.75, 3.05) is 19.6 Å². The lowest BCUT2D eigenvalue weighted by molar-refractivity contribution is -0.0948. The van der Waals surface area contributed by atoms with Gasteiger partial charge in [-0.15, -0.1) is 0 Å². The van der Waals surface area contributed by atoms with Crippen molar-refractivity contribution in [1.29, 1.82) is 0 Å². The molecule has 0 unspecified atom stereocenters. The molecule has 1 fully saturated rings. The summed E-state index contributed by atoms with van der Waals surface area (Å²) in [4.78, 5) is 14.4. The van der Waals surface area contributed by atoms with E-state index >= 15 is 0 Å². The first-order valence-electron chi connectivity index (χ1n) is 7.53. The second-order valence-electron chi connectivity index (χ2n) is 6.57. The van der Waals surface area contributed by atoms with Gasteiger partial charge < -0.3 is 14.5 Å². The molecule has 1 amide bonds. The summed E-state index contributed by atoms with van der Waals surface area (Å²) in [7, 11) is 0. The molecule has 0 spiro atoms. The van der Waals surface area contributed by atoms with E-state index in [-0.39, 0.29) is 23.7 Å². The predicted octanol–water partition coefficient (Wildman–Crippen LogP) is 2.21. The summed E-state index contributed by atoms with van der Waals surface area (Å²) >= 11 is 0. The van der Waals surface area contributed by atoms with Crippen LogP contribution in [0.15, 0.2) is 16.5 Å². The molecule has 1 aromatic heterocycles. The van der Waals surface area contributed by atoms with Gasteiger partial charge in [-0.1, -0.05) is 0 Å². The van der Waals surface area contributed by atoms with Gasteiger partial charge in [-0.05, 0) is 46.8 Å². The second-order valence-corrected chi connectivity index (χ2v) is 6.57. The Hall–Kier alpha value is -1.33. The third-order valence-electron chi connectivity index (χ3n) is 3.92. The molecule has 5 heteroatoms. The van der Waals surface area contributed by atoms with Crippen LogP contribution in [0.2, 0.25) is 0 Å². The first kappa shape index (κ1) is 16.0. The number of hydrogen-bond donors (Lipinski definition) is 1. The number of nitrogens with one attached hydrogen (secondary N) is 1. The van der Waals surface area contributed by atoms with Crippen molar-refractivity contribution in [1.82, 2.24) is 10.2 Å². The standard InChI is InChI=1S/C16H26N2O3/c1-11-6-7-14(21-11)15(19)17-10-16(4,5)18-8-12(2)20-13(3)9-18/h6-7,12-13H,8-10H2,1-5H3,(H,17,19)/t12-,13+. The largest absolute Gasteiger partial charge is 0.456 e. The van der Waals surface area contributed by atoms with E-state index in [0.29, 0.717) is 12.3 Å². The van der Waals surface area contributed by atoms with Crippen molar-refractivity contribution < 1.29 is 13.9 Å². The zero-order valence-corrected chi connectivity index (χ0v) is 13.6. The Morgan fingerprint density at radius 2 is 1.95 bits per heavy atom. The van der Waals surface area contributed by atoms with Gasteiger partial charge in [-0.3, -0.25) is 9.69 Å². The van der Waals surface area contributed by atoms with Crippen LogP contribution in [0, 0.1) is 6.92 Å². The lowest BCUT2D eigenvalue weighted by Gasteiger charge is -2.45. The van der Waals surface area contributed by atoms with Crippen LogP contribution < -0.4 is 5.32 Å². The van der Waals surface area contributed by atoms with E-state index in [9.17, 15) is 4.79 Å². The molecule has 2 heterocycles. The molecule has 1 aliphatic heterocycles. The Bertz CT molecular complexity index is 485. The summed E-state index contributed by atoms with van der Waals surface area (Å²) in [5.41, 5.74) is -0.121. The first-order valence-corrected chi connectivity index (χ1v) is 7.53. The molecule has 2 rings (SSSR count). The molecule has 0 aromatic carbocycles. The average molecular weight is 294 g/mol. The Labute approximate surface area is 126 Å². The zero-order chi connectivity index (χ0) is 15.6. The van der Waals surface area contributed by atoms with Crippen LogP contribution in [-0.4, -0.2) is 48.2 Å². The normalized spacial score (nSPS) is 24.0. The van der Waals surface area contributed by atoms with Gasteiger partial charge in [0, 0.05) is 25.2 Å². The Morgan fingerprint density at radius 3 is 2.48 bits per heavy atom. The Balaban J connectivity index is 1.92. The molecule has 0 saturated carbocycles. The van der Waals surface area contributed by atoms with Crippen LogP contribution in [0.5, 0.6) is 0 Å². The molecule has 118 valence electrons. The smallest absolute Gasteiger partial charge is 0.287 e. The minimum Gasteiger partial charge on any atom is -0.456 e. The van der Waals surface area contributed by atoms with Crippen molar-refractivity contribution >= 4 is 5.91 Å². The van der Waals surface area contributed by atoms with Crippen molar-refractivity contribution in [3.05, 3.63) is 23.7 Å². The molecular weight excluding hydrogens is 268 g/mol. The van der Waals surface area contributed by atoms with Gasteiger partial charge in [0.2, 0.25) is 0 Å². The number of aryl methyl sites for hydroxylation is 1. The molecule has 2 atom stereocenters. The third kappa shape index (κ3) is 4.08. The van der Waals surface area contributed by atoms with Crippen LogP contribution in [0.1, 0.15) is 44.0 Å². The van der Waals surface area contributed by atoms with Crippen molar-refractivity contribution in [2.45, 2.75) is 52.4 Å². The molecule has 1 aliphatic rings. The maximum Gasteiger partial charge on any atom is 0.287 e. The Kier molecular flexibility index (Phi) is 4.74. The SMILES string of the molecule is Cc1ccc(C(=O)NCC(C)(C)N2C[C@@H](C)O[C@@H](C)C2)o1. The number of amides is 1. The van der Waals surface area contributed by atoms with Gasteiger partial charge in [0.15, 0.2) is 5.76 Å². The van der Waals surface area contributed by atoms with Gasteiger partial charge in [-0.2, -0.15) is 0 Å². The van der Waals surface area contributed by atoms with E-state index in [2.05, 4.69) is 37.9 Å². The average Bonchev–Trinajstić information content (AvgIpc) is 2.82. The fourth-order valence-corrected chi connectivity index (χ4v) is 2.72. The van der Waals surface area contributed by atoms with Crippen molar-refractivity contribution in [2.24, 2.45) is 0 Å². The highest BCUT2D eigenvalue weighted by Crippen LogP contribution is 2.20. The van der Waals surface area contributed by atoms with Crippen LogP contribution in [0.4, 0.5) is 0 Å². The van der Waals surface area contributed by atoms with Gasteiger partial charge >= 0.3 is 0 Å². The van der Waals surface area contributed by atoms with Gasteiger partial charge in [0.25, 0.3) is 5.91 Å². The van der Waals surface area contributed by atoms with E-state index in [4.69, 9.17) is 9.15 Å². The highest BCUT2D eigenvalue weighted by Gasteiger charge is 2.33. The van der Waals surface area contributed by atoms with E-state index in [1.807, 2.05) is 6.92 Å². The monoisotopic (exact) mass is 294 g/mol. The minimum atomic E-state index is -0.162. The van der Waals surface area contributed by atoms with E-state index in [1.54, 1.807) is 12.1 Å². The van der Waals surface area contributed by atoms with E-state index in [0.717, 1.165) is 18.8 Å². The van der Waals surface area contributed by atoms with Crippen LogP contribution in [0.25, 0.3) is 0 Å². The summed E-state index contributed by atoms with van der Waals surface area (Å²) < 4.78 is 11.1. The lowest BCUT2D eigenvalue weighted by atomic mass is 10.00. The quantitative estimate of drug-likeness (QED) is 0.925. The van der Waals surface area contributed by atoms with Crippen LogP contribution >= 0.6 is 0 Å². The third-order valence-corrected chi connectivity index (χ3v) is 3.92. The maximum absolute atomic E-state index is 12.1. The maximum atomic E-state index is 12.1. The molecule has 0 bridgehead atoms. The number of ether oxygens (including phenoxy) is 1. The first-order chi connectivity index (χ1) is 9.78. The highest BCUT2D eigenvalue weighted by molar-refractivity contribution is 5.91. The molecule has 21 heavy (non-hydrogen) atoms. The van der Waals surface area contributed by atoms with Gasteiger partial charge in [-0.25, -0.2) is 0 Å². The van der Waals surface area contributed by atoms with Gasteiger partial charge in [0.1, 0.15) is 5.76 Å². The molecule has 5 nitrogen and oxygen atoms in total. The second kappa shape index (κ2) is 6.20. The molecule has 1 saturated heterocycles. The lowest BCUT2D eigenvalue weighted by Crippen LogP contribution is -2.58. The number of nitrogens with zero attached hydrogens (tertiary/aromatic N) is 1. The molecule has 1 N–H and O–H groups in total. The fraction of sp³-hybridized carbons (Fsp3) is 0.688. The van der Waals surface area contributed by atoms with Gasteiger partial charge in [0.05, 0.1) is 12.2 Å². The number of hydrogen-bond acceptors (Lipinski definition) is 4. The predicted molar refractivity (Wildman–Crippen MR) is 81.4 cm³/mol. The van der Waals surface area contributed by atoms with E-state index < -0.39 is 0 Å². The summed E-state index contributed by atoms with van der Waals surface area (Å²) in [5, 5.41) is 2.96. The van der Waals surface area contributed by atoms with Crippen molar-refractivity contribution in [3.8, 4) is 0 Å². The summed E-state index contributed by atoms with van der Waals surface area (Å²) in [6, 6.07) is 3.50. The minimum absolute atomic E-state index is 0.121. The topological polar surface area (TPSA) is 54.7 Å². The molecular formula is C16H26N2O3. The van der Waals surface area contributed by atoms with Crippen molar-refractivity contribution in [3.63, 3.8) is 0 Å². The summed E-state index contributed by atoms with van der Waals surface area (Å²) in [5.74, 6) is 0.952. The number of morpholine rings is 1. The summed E-state index contributed by atoms with van der Waals surface area (Å²) in [6.07, 6.45) is 0.438. The highest BCUT2D eigenvalue weighted by atomic mass is 16.5. The molecule has 0 radical (unpaired) electrons. The molecule has 0 aliphatic carbocycles. The van der Waals surface area contributed by atoms with E-state index in [1.165, 1.54) is 0 Å². The zero-order valence-electron chi connectivity index (χ0n) is 13.6. The van der Waals surface area contributed by atoms with Crippen LogP contribution in [-0.2, 0) is 4.74 Å². The number of rotatable bonds is 4. The number of carbonyl (C=O) groups is 1. The Morgan fingerprint density at radius 1 is 1.33 bits per heavy atom. The van der Waals surface area contributed by atoms with Crippen LogP contribution in [0.3, 0.4) is 0 Å². The molecule has 1 aromatic rings. The number of carbonyl (C=O) groups excluding carboxylic acids is 1. The number of furan rings is 1. The fourth-order valence-electron chi connectivity index (χ4n) is 2.72. The summed E-state index contributed by atoms with van der Waals surface area (Å²) in [6.45, 7) is 12.6.